The molecule has 1 N–H and O–H groups in total. The third kappa shape index (κ3) is 1.94. The minimum atomic E-state index is -0.428. The van der Waals surface area contributed by atoms with Gasteiger partial charge in [0.1, 0.15) is 0 Å². The van der Waals surface area contributed by atoms with Gasteiger partial charge in [0, 0.05) is 0 Å². The highest BCUT2D eigenvalue weighted by molar-refractivity contribution is 5.88. The second-order valence-electron chi connectivity index (χ2n) is 3.53. The highest BCUT2D eigenvalue weighted by atomic mass is 16.5. The van der Waals surface area contributed by atoms with Crippen molar-refractivity contribution < 1.29 is 19.4 Å². The van der Waals surface area contributed by atoms with E-state index in [0.29, 0.717) is 24.5 Å². The van der Waals surface area contributed by atoms with Gasteiger partial charge in [0.2, 0.25) is 0 Å². The summed E-state index contributed by atoms with van der Waals surface area (Å²) in [5.74, 6) is -0.428. The number of carbonyl (C=O) groups is 1. The first-order valence-electron chi connectivity index (χ1n) is 5.19. The smallest absolute Gasteiger partial charge is 0.358 e. The fraction of sp³-hybridized carbons (Fsp3) is 0.600. The SMILES string of the molecule is CCOC(=O)c1ncn2c1COC(CO)C2. The van der Waals surface area contributed by atoms with Crippen LogP contribution in [0.25, 0.3) is 0 Å². The van der Waals surface area contributed by atoms with Crippen LogP contribution in [0.2, 0.25) is 0 Å². The van der Waals surface area contributed by atoms with Crippen molar-refractivity contribution in [3.63, 3.8) is 0 Å². The molecule has 16 heavy (non-hydrogen) atoms. The number of aliphatic hydroxyl groups excluding tert-OH is 1. The van der Waals surface area contributed by atoms with Crippen LogP contribution in [0, 0.1) is 0 Å². The number of imidazole rings is 1. The molecule has 0 saturated heterocycles. The zero-order valence-electron chi connectivity index (χ0n) is 9.05. The van der Waals surface area contributed by atoms with Gasteiger partial charge in [0.25, 0.3) is 0 Å². The van der Waals surface area contributed by atoms with E-state index in [1.807, 2.05) is 4.57 Å². The number of fused-ring (bicyclic) bond motifs is 1. The lowest BCUT2D eigenvalue weighted by Crippen LogP contribution is -2.30. The topological polar surface area (TPSA) is 73.6 Å². The van der Waals surface area contributed by atoms with Gasteiger partial charge in [-0.3, -0.25) is 0 Å². The van der Waals surface area contributed by atoms with E-state index < -0.39 is 5.97 Å². The molecule has 1 aliphatic rings. The zero-order chi connectivity index (χ0) is 11.5. The molecule has 0 fully saturated rings. The summed E-state index contributed by atoms with van der Waals surface area (Å²) in [4.78, 5) is 15.5. The van der Waals surface area contributed by atoms with Gasteiger partial charge in [-0.2, -0.15) is 0 Å². The van der Waals surface area contributed by atoms with Gasteiger partial charge in [-0.1, -0.05) is 0 Å². The van der Waals surface area contributed by atoms with Crippen LogP contribution in [0.3, 0.4) is 0 Å². The van der Waals surface area contributed by atoms with Crippen molar-refractivity contribution in [3.05, 3.63) is 17.7 Å². The van der Waals surface area contributed by atoms with Crippen molar-refractivity contribution in [3.8, 4) is 0 Å². The second-order valence-corrected chi connectivity index (χ2v) is 3.53. The zero-order valence-corrected chi connectivity index (χ0v) is 9.05. The Morgan fingerprint density at radius 3 is 3.31 bits per heavy atom. The maximum atomic E-state index is 11.5. The van der Waals surface area contributed by atoms with Crippen LogP contribution in [-0.4, -0.2) is 39.9 Å². The van der Waals surface area contributed by atoms with Gasteiger partial charge in [-0.05, 0) is 6.92 Å². The van der Waals surface area contributed by atoms with Gasteiger partial charge >= 0.3 is 5.97 Å². The average molecular weight is 226 g/mol. The lowest BCUT2D eigenvalue weighted by Gasteiger charge is -2.23. The third-order valence-corrected chi connectivity index (χ3v) is 2.47. The summed E-state index contributed by atoms with van der Waals surface area (Å²) in [6, 6.07) is 0. The largest absolute Gasteiger partial charge is 0.461 e. The first-order chi connectivity index (χ1) is 7.76. The summed E-state index contributed by atoms with van der Waals surface area (Å²) >= 11 is 0. The molecule has 88 valence electrons. The molecule has 0 bridgehead atoms. The molecular formula is C10H14N2O4. The quantitative estimate of drug-likeness (QED) is 0.731. The van der Waals surface area contributed by atoms with Crippen molar-refractivity contribution in [2.24, 2.45) is 0 Å². The summed E-state index contributed by atoms with van der Waals surface area (Å²) in [5.41, 5.74) is 1.02. The minimum Gasteiger partial charge on any atom is -0.461 e. The van der Waals surface area contributed by atoms with Crippen molar-refractivity contribution in [2.45, 2.75) is 26.2 Å². The van der Waals surface area contributed by atoms with Gasteiger partial charge in [0.05, 0.1) is 44.5 Å². The molecule has 1 aromatic heterocycles. The highest BCUT2D eigenvalue weighted by Gasteiger charge is 2.25. The highest BCUT2D eigenvalue weighted by Crippen LogP contribution is 2.17. The minimum absolute atomic E-state index is 0.0354. The van der Waals surface area contributed by atoms with E-state index in [2.05, 4.69) is 4.98 Å². The van der Waals surface area contributed by atoms with Gasteiger partial charge in [-0.25, -0.2) is 9.78 Å². The molecule has 2 rings (SSSR count). The molecule has 1 aliphatic heterocycles. The predicted molar refractivity (Wildman–Crippen MR) is 53.8 cm³/mol. The van der Waals surface area contributed by atoms with E-state index >= 15 is 0 Å². The van der Waals surface area contributed by atoms with Gasteiger partial charge < -0.3 is 19.1 Å². The standard InChI is InChI=1S/C10H14N2O4/c1-2-15-10(14)9-8-5-16-7(4-13)3-12(8)6-11-9/h6-7,13H,2-5H2,1H3. The Hall–Kier alpha value is -1.40. The van der Waals surface area contributed by atoms with Gasteiger partial charge in [-0.15, -0.1) is 0 Å². The first-order valence-corrected chi connectivity index (χ1v) is 5.19. The van der Waals surface area contributed by atoms with Crippen LogP contribution in [-0.2, 0) is 22.6 Å². The molecule has 6 nitrogen and oxygen atoms in total. The normalized spacial score (nSPS) is 19.2. The van der Waals surface area contributed by atoms with E-state index in [1.54, 1.807) is 13.3 Å². The maximum Gasteiger partial charge on any atom is 0.358 e. The van der Waals surface area contributed by atoms with E-state index in [1.165, 1.54) is 0 Å². The third-order valence-electron chi connectivity index (χ3n) is 2.47. The molecule has 0 radical (unpaired) electrons. The Morgan fingerprint density at radius 1 is 1.81 bits per heavy atom. The molecule has 6 heteroatoms. The van der Waals surface area contributed by atoms with Crippen LogP contribution >= 0.6 is 0 Å². The lowest BCUT2D eigenvalue weighted by molar-refractivity contribution is -0.0279. The second kappa shape index (κ2) is 4.63. The number of rotatable bonds is 3. The summed E-state index contributed by atoms with van der Waals surface area (Å²) in [5, 5.41) is 8.97. The summed E-state index contributed by atoms with van der Waals surface area (Å²) < 4.78 is 12.1. The number of aromatic nitrogens is 2. The van der Waals surface area contributed by atoms with E-state index in [9.17, 15) is 4.79 Å². The fourth-order valence-corrected chi connectivity index (χ4v) is 1.67. The fourth-order valence-electron chi connectivity index (χ4n) is 1.67. The van der Waals surface area contributed by atoms with Crippen LogP contribution in [0.5, 0.6) is 0 Å². The molecular weight excluding hydrogens is 212 g/mol. The lowest BCUT2D eigenvalue weighted by atomic mass is 10.2. The first kappa shape index (κ1) is 11.1. The number of aliphatic hydroxyl groups is 1. The van der Waals surface area contributed by atoms with Crippen LogP contribution in [0.1, 0.15) is 23.1 Å². The molecule has 1 unspecified atom stereocenters. The monoisotopic (exact) mass is 226 g/mol. The van der Waals surface area contributed by atoms with Crippen LogP contribution < -0.4 is 0 Å². The number of nitrogens with zero attached hydrogens (tertiary/aromatic N) is 2. The van der Waals surface area contributed by atoms with Crippen molar-refractivity contribution in [2.75, 3.05) is 13.2 Å². The Kier molecular flexibility index (Phi) is 3.21. The van der Waals surface area contributed by atoms with Crippen LogP contribution in [0.15, 0.2) is 6.33 Å². The van der Waals surface area contributed by atoms with E-state index in [-0.39, 0.29) is 19.3 Å². The Balaban J connectivity index is 2.19. The number of hydrogen-bond acceptors (Lipinski definition) is 5. The molecule has 0 saturated carbocycles. The Morgan fingerprint density at radius 2 is 2.62 bits per heavy atom. The van der Waals surface area contributed by atoms with Gasteiger partial charge in [0.15, 0.2) is 5.69 Å². The van der Waals surface area contributed by atoms with Crippen molar-refractivity contribution in [1.29, 1.82) is 0 Å². The predicted octanol–water partition coefficient (Wildman–Crippen LogP) is -0.0491. The number of esters is 1. The Bertz CT molecular complexity index is 388. The summed E-state index contributed by atoms with van der Waals surface area (Å²) in [6.45, 7) is 2.83. The summed E-state index contributed by atoms with van der Waals surface area (Å²) in [6.07, 6.45) is 1.35. The van der Waals surface area contributed by atoms with Crippen LogP contribution in [0.4, 0.5) is 0 Å². The molecule has 0 spiro atoms. The maximum absolute atomic E-state index is 11.5. The number of ether oxygens (including phenoxy) is 2. The molecule has 0 amide bonds. The molecule has 1 atom stereocenters. The van der Waals surface area contributed by atoms with E-state index in [0.717, 1.165) is 0 Å². The van der Waals surface area contributed by atoms with Crippen molar-refractivity contribution in [1.82, 2.24) is 9.55 Å². The number of carbonyl (C=O) groups excluding carboxylic acids is 1. The molecule has 1 aromatic rings. The number of hydrogen-bond donors (Lipinski definition) is 1. The molecule has 0 aromatic carbocycles. The molecule has 2 heterocycles. The Labute approximate surface area is 92.8 Å². The van der Waals surface area contributed by atoms with Crippen molar-refractivity contribution >= 4 is 5.97 Å². The van der Waals surface area contributed by atoms with E-state index in [4.69, 9.17) is 14.6 Å². The molecule has 0 aliphatic carbocycles. The summed E-state index contributed by atoms with van der Waals surface area (Å²) in [7, 11) is 0. The average Bonchev–Trinajstić information content (AvgIpc) is 2.71.